The number of hydrogen-bond donors (Lipinski definition) is 6. The third-order valence-corrected chi connectivity index (χ3v) is 13.1. The summed E-state index contributed by atoms with van der Waals surface area (Å²) in [5.74, 6) is -3.02. The van der Waals surface area contributed by atoms with Gasteiger partial charge in [-0.1, -0.05) is 69.3 Å². The van der Waals surface area contributed by atoms with Crippen LogP contribution in [0.15, 0.2) is 84.9 Å². The first-order valence-corrected chi connectivity index (χ1v) is 28.6. The van der Waals surface area contributed by atoms with Crippen LogP contribution in [0.25, 0.3) is 22.3 Å². The van der Waals surface area contributed by atoms with Crippen molar-refractivity contribution in [1.29, 1.82) is 0 Å². The molecule has 6 N–H and O–H groups in total. The van der Waals surface area contributed by atoms with Crippen LogP contribution < -0.4 is 41.4 Å². The lowest BCUT2D eigenvalue weighted by Crippen LogP contribution is -2.55. The summed E-state index contributed by atoms with van der Waals surface area (Å²) in [5, 5.41) is 16.5. The first kappa shape index (κ1) is 67.4. The molecule has 21 nitrogen and oxygen atoms in total. The van der Waals surface area contributed by atoms with E-state index in [2.05, 4.69) is 64.8 Å². The van der Waals surface area contributed by atoms with Crippen LogP contribution >= 0.6 is 0 Å². The van der Waals surface area contributed by atoms with Gasteiger partial charge in [0.15, 0.2) is 0 Å². The summed E-state index contributed by atoms with van der Waals surface area (Å²) in [5.41, 5.74) is 2.47. The maximum absolute atomic E-state index is 15.3. The smallest absolute Gasteiger partial charge is 0.407 e. The number of carbonyl (C=O) groups excluding carboxylic acids is 8. The molecule has 4 aromatic rings. The molecule has 4 atom stereocenters. The monoisotopic (exact) mass is 1180 g/mol. The van der Waals surface area contributed by atoms with Crippen LogP contribution in [0.5, 0.6) is 11.5 Å². The van der Waals surface area contributed by atoms with Crippen LogP contribution in [0.4, 0.5) is 14.4 Å². The third kappa shape index (κ3) is 21.3. The molecule has 5 rings (SSSR count). The fraction of sp³-hybridized carbons (Fsp3) is 0.500. The highest BCUT2D eigenvalue weighted by molar-refractivity contribution is 5.99. The Kier molecular flexibility index (Phi) is 23.4. The van der Waals surface area contributed by atoms with Crippen LogP contribution in [0.1, 0.15) is 142 Å². The summed E-state index contributed by atoms with van der Waals surface area (Å²) in [7, 11) is 2.60. The van der Waals surface area contributed by atoms with Gasteiger partial charge in [-0.05, 0) is 158 Å². The molecule has 85 heavy (non-hydrogen) atoms. The molecule has 21 heteroatoms. The molecule has 0 spiro atoms. The van der Waals surface area contributed by atoms with Crippen molar-refractivity contribution >= 4 is 47.9 Å². The predicted molar refractivity (Wildman–Crippen MR) is 322 cm³/mol. The predicted octanol–water partition coefficient (Wildman–Crippen LogP) is 8.84. The van der Waals surface area contributed by atoms with E-state index >= 15 is 9.59 Å². The number of esters is 1. The number of hydrogen-bond acceptors (Lipinski definition) is 14. The summed E-state index contributed by atoms with van der Waals surface area (Å²) < 4.78 is 34.1. The SMILES string of the molecule is COC(=O)[C@@H]1Cc2ccc(OCCNC(=O)OC(C)(C)C)c(c2)-c2cc(ccc2OCCNC(=O)OC(C)(C)C)[C@H](N(C)C(=O)C(CCCCNC(=O)OC(C)(C)C)NC(=O)c2ccc(-c3ccc(C(C)(C)C)cc3)cc2)C(=O)N[C@@H](C)C(=O)N1. The van der Waals surface area contributed by atoms with Gasteiger partial charge < -0.3 is 65.2 Å². The Bertz CT molecular complexity index is 2990. The van der Waals surface area contributed by atoms with Crippen LogP contribution in [-0.4, -0.2) is 135 Å². The number of methoxy groups -OCH3 is 1. The quantitative estimate of drug-likeness (QED) is 0.0291. The number of nitrogens with zero attached hydrogens (tertiary/aromatic N) is 1. The van der Waals surface area contributed by atoms with Gasteiger partial charge in [-0.15, -0.1) is 0 Å². The van der Waals surface area contributed by atoms with Gasteiger partial charge in [0.2, 0.25) is 17.7 Å². The number of alkyl carbamates (subject to hydrolysis) is 3. The first-order chi connectivity index (χ1) is 39.7. The van der Waals surface area contributed by atoms with Gasteiger partial charge in [0.25, 0.3) is 5.91 Å². The van der Waals surface area contributed by atoms with E-state index in [9.17, 15) is 28.8 Å². The van der Waals surface area contributed by atoms with E-state index in [1.54, 1.807) is 111 Å². The van der Waals surface area contributed by atoms with E-state index in [4.69, 9.17) is 28.4 Å². The van der Waals surface area contributed by atoms with Crippen LogP contribution in [-0.2, 0) is 50.0 Å². The van der Waals surface area contributed by atoms with E-state index in [0.29, 0.717) is 29.5 Å². The fourth-order valence-electron chi connectivity index (χ4n) is 8.95. The highest BCUT2D eigenvalue weighted by Gasteiger charge is 2.37. The topological polar surface area (TPSA) is 267 Å². The number of carbonyl (C=O) groups is 8. The van der Waals surface area contributed by atoms with Crippen LogP contribution in [0.2, 0.25) is 0 Å². The molecule has 0 saturated carbocycles. The highest BCUT2D eigenvalue weighted by Crippen LogP contribution is 2.40. The molecule has 4 bridgehead atoms. The van der Waals surface area contributed by atoms with E-state index in [1.807, 2.05) is 24.3 Å². The van der Waals surface area contributed by atoms with Crippen molar-refractivity contribution < 1.29 is 66.8 Å². The zero-order valence-electron chi connectivity index (χ0n) is 51.9. The Labute approximate surface area is 499 Å². The molecule has 462 valence electrons. The number of amides is 7. The zero-order chi connectivity index (χ0) is 63.0. The van der Waals surface area contributed by atoms with Crippen molar-refractivity contribution in [3.05, 3.63) is 107 Å². The van der Waals surface area contributed by atoms with Gasteiger partial charge in [0.05, 0.1) is 20.2 Å². The summed E-state index contributed by atoms with van der Waals surface area (Å²) in [4.78, 5) is 111. The lowest BCUT2D eigenvalue weighted by Gasteiger charge is -2.32. The summed E-state index contributed by atoms with van der Waals surface area (Å²) in [6, 6.07) is 19.8. The van der Waals surface area contributed by atoms with Gasteiger partial charge in [-0.25, -0.2) is 19.2 Å². The van der Waals surface area contributed by atoms with Gasteiger partial charge in [0.1, 0.15) is 65.7 Å². The number of likely N-dealkylation sites (N-methyl/N-ethyl adjacent to an activating group) is 1. The minimum atomic E-state index is -1.51. The highest BCUT2D eigenvalue weighted by atomic mass is 16.6. The van der Waals surface area contributed by atoms with Crippen LogP contribution in [0.3, 0.4) is 0 Å². The molecule has 1 unspecified atom stereocenters. The molecule has 4 aromatic carbocycles. The summed E-state index contributed by atoms with van der Waals surface area (Å²) >= 11 is 0. The van der Waals surface area contributed by atoms with Crippen molar-refractivity contribution in [3.8, 4) is 33.8 Å². The van der Waals surface area contributed by atoms with Gasteiger partial charge in [-0.2, -0.15) is 0 Å². The molecular weight excluding hydrogens is 1090 g/mol. The molecule has 1 aliphatic rings. The van der Waals surface area contributed by atoms with E-state index in [0.717, 1.165) is 11.1 Å². The summed E-state index contributed by atoms with van der Waals surface area (Å²) in [6.07, 6.45) is -1.23. The number of rotatable bonds is 19. The van der Waals surface area contributed by atoms with Crippen molar-refractivity contribution in [2.45, 2.75) is 162 Å². The normalized spacial score (nSPS) is 15.9. The average Bonchev–Trinajstić information content (AvgIpc) is 2.52. The molecular formula is C64H87N7O14. The summed E-state index contributed by atoms with van der Waals surface area (Å²) in [6.45, 7) is 23.6. The Morgan fingerprint density at radius 3 is 1.61 bits per heavy atom. The second kappa shape index (κ2) is 29.4. The van der Waals surface area contributed by atoms with Crippen molar-refractivity contribution in [1.82, 2.24) is 36.8 Å². The number of nitrogens with one attached hydrogen (secondary N) is 6. The van der Waals surface area contributed by atoms with Crippen molar-refractivity contribution in [3.63, 3.8) is 0 Å². The molecule has 0 aromatic heterocycles. The minimum Gasteiger partial charge on any atom is -0.491 e. The standard InChI is InChI=1S/C64H87N7O14/c1-39-53(72)70-49(57(76)80-15)37-40-19-29-50(81-34-32-66-59(78)84-63(8,9)10)46(36-40)47-38-44(26-30-51(47)82-35-33-67-60(79)85-64(11,12)13)52(55(74)68-39)71(14)56(75)48(18-16-17-31-65-58(77)83-62(5,6)7)69-54(73)43-22-20-41(21-23-43)42-24-27-45(28-25-42)61(2,3)4/h19-30,36,38-39,48-49,52H,16-18,31-35,37H2,1-15H3,(H,65,77)(H,66,78)(H,67,79)(H,68,74)(H,69,73)(H,70,72)/t39-,48?,49-,52-/m0/s1. The maximum Gasteiger partial charge on any atom is 0.407 e. The second-order valence-corrected chi connectivity index (χ2v) is 24.9. The second-order valence-electron chi connectivity index (χ2n) is 24.9. The number of benzene rings is 4. The van der Waals surface area contributed by atoms with E-state index in [1.165, 1.54) is 31.5 Å². The van der Waals surface area contributed by atoms with Gasteiger partial charge >= 0.3 is 24.2 Å². The Balaban J connectivity index is 1.60. The molecule has 7 amide bonds. The minimum absolute atomic E-state index is 0.0102. The fourth-order valence-corrected chi connectivity index (χ4v) is 8.95. The van der Waals surface area contributed by atoms with Gasteiger partial charge in [-0.3, -0.25) is 19.2 Å². The molecule has 1 aliphatic heterocycles. The molecule has 0 saturated heterocycles. The lowest BCUT2D eigenvalue weighted by atomic mass is 9.86. The van der Waals surface area contributed by atoms with Gasteiger partial charge in [0, 0.05) is 36.7 Å². The van der Waals surface area contributed by atoms with Crippen molar-refractivity contribution in [2.24, 2.45) is 0 Å². The number of unbranched alkanes of at least 4 members (excludes halogenated alkanes) is 1. The first-order valence-electron chi connectivity index (χ1n) is 28.6. The molecule has 0 radical (unpaired) electrons. The maximum atomic E-state index is 15.3. The number of fused-ring (bicyclic) bond motifs is 5. The van der Waals surface area contributed by atoms with E-state index < -0.39 is 88.8 Å². The lowest BCUT2D eigenvalue weighted by molar-refractivity contribution is -0.145. The van der Waals surface area contributed by atoms with Crippen LogP contribution in [0, 0.1) is 0 Å². The molecule has 1 heterocycles. The number of ether oxygens (including phenoxy) is 6. The average molecular weight is 1180 g/mol. The Morgan fingerprint density at radius 2 is 1.11 bits per heavy atom. The Hall–Kier alpha value is -8.36. The van der Waals surface area contributed by atoms with Crippen molar-refractivity contribution in [2.75, 3.05) is 47.0 Å². The van der Waals surface area contributed by atoms with E-state index in [-0.39, 0.29) is 73.7 Å². The third-order valence-electron chi connectivity index (χ3n) is 13.1. The Morgan fingerprint density at radius 1 is 0.612 bits per heavy atom. The largest absolute Gasteiger partial charge is 0.491 e. The molecule has 0 aliphatic carbocycles. The molecule has 0 fully saturated rings. The zero-order valence-corrected chi connectivity index (χ0v) is 51.9.